The van der Waals surface area contributed by atoms with E-state index in [1.807, 2.05) is 6.92 Å². The van der Waals surface area contributed by atoms with Crippen LogP contribution in [0.5, 0.6) is 0 Å². The van der Waals surface area contributed by atoms with Crippen LogP contribution < -0.4 is 5.56 Å². The fourth-order valence-electron chi connectivity index (χ4n) is 1.12. The van der Waals surface area contributed by atoms with Gasteiger partial charge in [0.1, 0.15) is 0 Å². The molecule has 5 nitrogen and oxygen atoms in total. The summed E-state index contributed by atoms with van der Waals surface area (Å²) >= 11 is 0. The van der Waals surface area contributed by atoms with Crippen LogP contribution in [0, 0.1) is 6.92 Å². The van der Waals surface area contributed by atoms with Gasteiger partial charge < -0.3 is 0 Å². The fraction of sp³-hybridized carbons (Fsp3) is 0.125. The average Bonchev–Trinajstić information content (AvgIpc) is 2.56. The van der Waals surface area contributed by atoms with E-state index in [4.69, 9.17) is 0 Å². The Balaban J connectivity index is 2.60. The molecule has 0 aliphatic carbocycles. The lowest BCUT2D eigenvalue weighted by Crippen LogP contribution is -2.12. The molecule has 0 fully saturated rings. The molecule has 13 heavy (non-hydrogen) atoms. The van der Waals surface area contributed by atoms with Gasteiger partial charge in [0.15, 0.2) is 5.82 Å². The van der Waals surface area contributed by atoms with Gasteiger partial charge in [-0.25, -0.2) is 9.78 Å². The van der Waals surface area contributed by atoms with Crippen molar-refractivity contribution >= 4 is 0 Å². The molecule has 5 heteroatoms. The molecular formula is C8H8N4O. The Hall–Kier alpha value is -1.91. The van der Waals surface area contributed by atoms with Crippen LogP contribution in [-0.4, -0.2) is 20.0 Å². The number of hydrogen-bond acceptors (Lipinski definition) is 3. The number of hydrogen-bond donors (Lipinski definition) is 1. The van der Waals surface area contributed by atoms with Gasteiger partial charge in [-0.15, -0.1) is 0 Å². The summed E-state index contributed by atoms with van der Waals surface area (Å²) in [7, 11) is 0. The minimum absolute atomic E-state index is 0.201. The van der Waals surface area contributed by atoms with Crippen molar-refractivity contribution in [1.82, 2.24) is 20.0 Å². The molecule has 2 aromatic heterocycles. The molecule has 0 aliphatic heterocycles. The van der Waals surface area contributed by atoms with Gasteiger partial charge in [-0.1, -0.05) is 0 Å². The molecule has 0 saturated carbocycles. The highest BCUT2D eigenvalue weighted by atomic mass is 16.1. The van der Waals surface area contributed by atoms with Gasteiger partial charge in [0.25, 0.3) is 5.56 Å². The van der Waals surface area contributed by atoms with E-state index in [0.29, 0.717) is 5.82 Å². The minimum atomic E-state index is -0.201. The molecule has 0 saturated heterocycles. The molecule has 0 unspecified atom stereocenters. The Kier molecular flexibility index (Phi) is 1.70. The second-order valence-corrected chi connectivity index (χ2v) is 2.69. The number of aryl methyl sites for hydroxylation is 1. The predicted molar refractivity (Wildman–Crippen MR) is 46.7 cm³/mol. The third-order valence-electron chi connectivity index (χ3n) is 1.69. The predicted octanol–water partition coefficient (Wildman–Crippen LogP) is 0.264. The third kappa shape index (κ3) is 1.35. The Bertz CT molecular complexity index is 457. The van der Waals surface area contributed by atoms with Gasteiger partial charge in [-0.2, -0.15) is 10.2 Å². The SMILES string of the molecule is Cc1cc(=O)[nH]nc1-n1cccn1. The van der Waals surface area contributed by atoms with Crippen molar-refractivity contribution in [2.75, 3.05) is 0 Å². The van der Waals surface area contributed by atoms with E-state index >= 15 is 0 Å². The standard InChI is InChI=1S/C8H8N4O/c1-6-5-7(13)10-11-8(6)12-4-2-3-9-12/h2-5H,1H3,(H,10,13). The summed E-state index contributed by atoms with van der Waals surface area (Å²) in [6.07, 6.45) is 3.43. The zero-order valence-corrected chi connectivity index (χ0v) is 7.06. The van der Waals surface area contributed by atoms with Crippen molar-refractivity contribution in [3.05, 3.63) is 40.4 Å². The molecule has 0 amide bonds. The third-order valence-corrected chi connectivity index (χ3v) is 1.69. The fourth-order valence-corrected chi connectivity index (χ4v) is 1.12. The van der Waals surface area contributed by atoms with Crippen molar-refractivity contribution in [3.8, 4) is 5.82 Å². The highest BCUT2D eigenvalue weighted by molar-refractivity contribution is 5.28. The summed E-state index contributed by atoms with van der Waals surface area (Å²) in [5, 5.41) is 10.3. The van der Waals surface area contributed by atoms with E-state index in [2.05, 4.69) is 15.3 Å². The zero-order chi connectivity index (χ0) is 9.26. The molecular weight excluding hydrogens is 168 g/mol. The molecule has 2 rings (SSSR count). The molecule has 0 aliphatic rings. The molecule has 0 spiro atoms. The van der Waals surface area contributed by atoms with Gasteiger partial charge in [0.05, 0.1) is 0 Å². The Morgan fingerprint density at radius 1 is 1.54 bits per heavy atom. The lowest BCUT2D eigenvalue weighted by atomic mass is 10.3. The first kappa shape index (κ1) is 7.72. The summed E-state index contributed by atoms with van der Waals surface area (Å²) < 4.78 is 1.60. The Morgan fingerprint density at radius 2 is 2.38 bits per heavy atom. The maximum absolute atomic E-state index is 10.9. The molecule has 0 bridgehead atoms. The van der Waals surface area contributed by atoms with E-state index in [-0.39, 0.29) is 5.56 Å². The maximum atomic E-state index is 10.9. The number of aromatic nitrogens is 4. The number of rotatable bonds is 1. The summed E-state index contributed by atoms with van der Waals surface area (Å²) in [5.74, 6) is 0.643. The van der Waals surface area contributed by atoms with Crippen molar-refractivity contribution in [3.63, 3.8) is 0 Å². The normalized spacial score (nSPS) is 10.2. The number of H-pyrrole nitrogens is 1. The first-order chi connectivity index (χ1) is 6.27. The van der Waals surface area contributed by atoms with E-state index in [0.717, 1.165) is 5.56 Å². The van der Waals surface area contributed by atoms with Crippen LogP contribution in [0.2, 0.25) is 0 Å². The smallest absolute Gasteiger partial charge is 0.264 e. The highest BCUT2D eigenvalue weighted by Gasteiger charge is 2.02. The van der Waals surface area contributed by atoms with Crippen LogP contribution in [0.4, 0.5) is 0 Å². The van der Waals surface area contributed by atoms with Gasteiger partial charge in [0.2, 0.25) is 0 Å². The summed E-state index contributed by atoms with van der Waals surface area (Å²) in [5.41, 5.74) is 0.598. The first-order valence-electron chi connectivity index (χ1n) is 3.84. The number of aromatic amines is 1. The summed E-state index contributed by atoms with van der Waals surface area (Å²) in [6, 6.07) is 3.29. The van der Waals surface area contributed by atoms with Crippen molar-refractivity contribution in [2.24, 2.45) is 0 Å². The monoisotopic (exact) mass is 176 g/mol. The Morgan fingerprint density at radius 3 is 3.00 bits per heavy atom. The van der Waals surface area contributed by atoms with Crippen molar-refractivity contribution < 1.29 is 0 Å². The van der Waals surface area contributed by atoms with Crippen LogP contribution in [0.3, 0.4) is 0 Å². The minimum Gasteiger partial charge on any atom is -0.268 e. The van der Waals surface area contributed by atoms with Crippen molar-refractivity contribution in [1.29, 1.82) is 0 Å². The summed E-state index contributed by atoms with van der Waals surface area (Å²) in [6.45, 7) is 1.82. The molecule has 1 N–H and O–H groups in total. The van der Waals surface area contributed by atoms with Gasteiger partial charge >= 0.3 is 0 Å². The van der Waals surface area contributed by atoms with Gasteiger partial charge in [0, 0.05) is 24.0 Å². The van der Waals surface area contributed by atoms with E-state index in [1.54, 1.807) is 23.1 Å². The van der Waals surface area contributed by atoms with Crippen LogP contribution in [0.1, 0.15) is 5.56 Å². The highest BCUT2D eigenvalue weighted by Crippen LogP contribution is 2.04. The lowest BCUT2D eigenvalue weighted by Gasteiger charge is -2.01. The van der Waals surface area contributed by atoms with E-state index < -0.39 is 0 Å². The molecule has 2 heterocycles. The Labute approximate surface area is 74.0 Å². The quantitative estimate of drug-likeness (QED) is 0.678. The first-order valence-corrected chi connectivity index (χ1v) is 3.84. The molecule has 0 atom stereocenters. The van der Waals surface area contributed by atoms with Crippen molar-refractivity contribution in [2.45, 2.75) is 6.92 Å². The molecule has 2 aromatic rings. The van der Waals surface area contributed by atoms with Crippen LogP contribution in [0.25, 0.3) is 5.82 Å². The summed E-state index contributed by atoms with van der Waals surface area (Å²) in [4.78, 5) is 10.9. The second-order valence-electron chi connectivity index (χ2n) is 2.69. The molecule has 0 aromatic carbocycles. The topological polar surface area (TPSA) is 63.6 Å². The largest absolute Gasteiger partial charge is 0.268 e. The number of nitrogens with zero attached hydrogens (tertiary/aromatic N) is 3. The molecule has 66 valence electrons. The molecule has 0 radical (unpaired) electrons. The maximum Gasteiger partial charge on any atom is 0.264 e. The van der Waals surface area contributed by atoms with E-state index in [1.165, 1.54) is 6.07 Å². The van der Waals surface area contributed by atoms with E-state index in [9.17, 15) is 4.79 Å². The lowest BCUT2D eigenvalue weighted by molar-refractivity contribution is 0.796. The van der Waals surface area contributed by atoms with Gasteiger partial charge in [-0.05, 0) is 13.0 Å². The average molecular weight is 176 g/mol. The second kappa shape index (κ2) is 2.85. The van der Waals surface area contributed by atoms with Crippen LogP contribution >= 0.6 is 0 Å². The van der Waals surface area contributed by atoms with Gasteiger partial charge in [-0.3, -0.25) is 4.79 Å². The van der Waals surface area contributed by atoms with Crippen LogP contribution in [-0.2, 0) is 0 Å². The zero-order valence-electron chi connectivity index (χ0n) is 7.06. The number of nitrogens with one attached hydrogen (secondary N) is 1. The van der Waals surface area contributed by atoms with Crippen LogP contribution in [0.15, 0.2) is 29.3 Å².